The molecule has 0 aliphatic rings. The van der Waals surface area contributed by atoms with Gasteiger partial charge in [0.15, 0.2) is 0 Å². The third-order valence-corrected chi connectivity index (χ3v) is 8.93. The number of benzene rings is 1. The molecular weight excluding hydrogens is 801 g/mol. The highest BCUT2D eigenvalue weighted by Gasteiger charge is 2.37. The molecular formula is C37H54N6O15S. The zero-order chi connectivity index (χ0) is 44.7. The van der Waals surface area contributed by atoms with E-state index in [1.54, 1.807) is 24.3 Å². The number of aliphatic carboxylic acids is 5. The first-order chi connectivity index (χ1) is 27.6. The molecule has 1 aromatic carbocycles. The number of ketones is 1. The number of carboxylic acids is 5. The van der Waals surface area contributed by atoms with E-state index < -0.39 is 107 Å². The minimum atomic E-state index is -1.52. The highest BCUT2D eigenvalue weighted by atomic mass is 32.1. The summed E-state index contributed by atoms with van der Waals surface area (Å²) >= 11 is 4.16. The summed E-state index contributed by atoms with van der Waals surface area (Å²) in [6, 6.07) is 2.79. The van der Waals surface area contributed by atoms with Gasteiger partial charge >= 0.3 is 41.9 Å². The normalized spacial score (nSPS) is 13.0. The van der Waals surface area contributed by atoms with Gasteiger partial charge in [0.05, 0.1) is 25.2 Å². The van der Waals surface area contributed by atoms with E-state index in [1.165, 1.54) is 13.8 Å². The lowest BCUT2D eigenvalue weighted by Crippen LogP contribution is -2.53. The van der Waals surface area contributed by atoms with Crippen molar-refractivity contribution >= 4 is 72.1 Å². The van der Waals surface area contributed by atoms with Gasteiger partial charge in [-0.3, -0.25) is 28.8 Å². The average Bonchev–Trinajstić information content (AvgIpc) is 3.12. The fourth-order valence-corrected chi connectivity index (χ4v) is 5.68. The van der Waals surface area contributed by atoms with Crippen LogP contribution in [0, 0.1) is 11.8 Å². The van der Waals surface area contributed by atoms with Crippen LogP contribution in [0.5, 0.6) is 0 Å². The predicted molar refractivity (Wildman–Crippen MR) is 210 cm³/mol. The maximum absolute atomic E-state index is 13.1. The highest BCUT2D eigenvalue weighted by Crippen LogP contribution is 2.22. The minimum Gasteiger partial charge on any atom is -0.481 e. The number of amides is 6. The van der Waals surface area contributed by atoms with Crippen molar-refractivity contribution in [3.63, 3.8) is 0 Å². The number of hydrogen-bond donors (Lipinski definition) is 12. The van der Waals surface area contributed by atoms with E-state index in [-0.39, 0.29) is 58.3 Å². The molecule has 0 aliphatic carbocycles. The van der Waals surface area contributed by atoms with Crippen LogP contribution in [0.4, 0.5) is 9.59 Å². The van der Waals surface area contributed by atoms with Gasteiger partial charge in [-0.25, -0.2) is 19.2 Å². The van der Waals surface area contributed by atoms with Crippen LogP contribution in [0.1, 0.15) is 82.8 Å². The summed E-state index contributed by atoms with van der Waals surface area (Å²) in [5.74, 6) is -11.3. The summed E-state index contributed by atoms with van der Waals surface area (Å²) < 4.78 is -1.25. The van der Waals surface area contributed by atoms with Crippen LogP contribution in [0.25, 0.3) is 0 Å². The summed E-state index contributed by atoms with van der Waals surface area (Å²) in [6.45, 7) is 3.17. The zero-order valence-corrected chi connectivity index (χ0v) is 33.7. The molecule has 0 bridgehead atoms. The van der Waals surface area contributed by atoms with Crippen LogP contribution in [0.3, 0.4) is 0 Å². The van der Waals surface area contributed by atoms with Crippen LogP contribution in [-0.4, -0.2) is 122 Å². The third kappa shape index (κ3) is 22.6. The van der Waals surface area contributed by atoms with Gasteiger partial charge in [-0.1, -0.05) is 24.3 Å². The molecule has 0 spiro atoms. The molecule has 22 heteroatoms. The number of urea groups is 2. The van der Waals surface area contributed by atoms with E-state index in [4.69, 9.17) is 5.11 Å². The van der Waals surface area contributed by atoms with Crippen molar-refractivity contribution in [1.82, 2.24) is 31.9 Å². The molecule has 1 aromatic rings. The second-order valence-electron chi connectivity index (χ2n) is 14.2. The Morgan fingerprint density at radius 3 is 1.75 bits per heavy atom. The van der Waals surface area contributed by atoms with Crippen LogP contribution in [0.15, 0.2) is 24.3 Å². The van der Waals surface area contributed by atoms with Gasteiger partial charge in [0.2, 0.25) is 11.8 Å². The molecule has 0 saturated heterocycles. The molecule has 0 heterocycles. The second-order valence-corrected chi connectivity index (χ2v) is 15.4. The Balaban J connectivity index is 2.55. The molecule has 0 fully saturated rings. The van der Waals surface area contributed by atoms with Crippen molar-refractivity contribution in [3.8, 4) is 0 Å². The largest absolute Gasteiger partial charge is 0.481 e. The van der Waals surface area contributed by atoms with E-state index in [1.807, 2.05) is 0 Å². The van der Waals surface area contributed by atoms with Crippen molar-refractivity contribution in [2.45, 2.75) is 101 Å². The lowest BCUT2D eigenvalue weighted by atomic mass is 9.87. The van der Waals surface area contributed by atoms with E-state index >= 15 is 0 Å². The van der Waals surface area contributed by atoms with Gasteiger partial charge in [-0.2, -0.15) is 12.6 Å². The molecule has 21 nitrogen and oxygen atoms in total. The maximum Gasteiger partial charge on any atom is 0.327 e. The average molecular weight is 855 g/mol. The fourth-order valence-electron chi connectivity index (χ4n) is 5.50. The quantitative estimate of drug-likeness (QED) is 0.0391. The summed E-state index contributed by atoms with van der Waals surface area (Å²) in [5.41, 5.74) is 1.31. The topological polar surface area (TPSA) is 344 Å². The number of nitrogens with one attached hydrogen (secondary N) is 6. The van der Waals surface area contributed by atoms with E-state index in [2.05, 4.69) is 44.5 Å². The van der Waals surface area contributed by atoms with Crippen molar-refractivity contribution < 1.29 is 73.5 Å². The van der Waals surface area contributed by atoms with E-state index in [0.29, 0.717) is 24.0 Å². The summed E-state index contributed by atoms with van der Waals surface area (Å²) in [7, 11) is 0. The molecule has 4 atom stereocenters. The molecule has 11 N–H and O–H groups in total. The number of rotatable bonds is 29. The Morgan fingerprint density at radius 1 is 0.610 bits per heavy atom. The fraction of sp³-hybridized carbons (Fsp3) is 0.568. The van der Waals surface area contributed by atoms with Gasteiger partial charge in [0, 0.05) is 49.7 Å². The number of thiol groups is 1. The molecule has 1 rings (SSSR count). The predicted octanol–water partition coefficient (Wildman–Crippen LogP) is 0.741. The molecule has 0 aromatic heterocycles. The molecule has 0 saturated carbocycles. The molecule has 59 heavy (non-hydrogen) atoms. The number of Topliss-reactive ketones (excluding diaryl/α,β-unsaturated/α-hetero) is 1. The first-order valence-electron chi connectivity index (χ1n) is 18.7. The molecule has 328 valence electrons. The van der Waals surface area contributed by atoms with Crippen molar-refractivity contribution in [1.29, 1.82) is 0 Å². The van der Waals surface area contributed by atoms with Gasteiger partial charge < -0.3 is 57.4 Å². The van der Waals surface area contributed by atoms with Crippen LogP contribution in [-0.2, 0) is 51.3 Å². The first-order valence-corrected chi connectivity index (χ1v) is 19.1. The minimum absolute atomic E-state index is 0.0726. The number of carbonyl (C=O) groups is 10. The van der Waals surface area contributed by atoms with E-state index in [0.717, 1.165) is 0 Å². The zero-order valence-electron chi connectivity index (χ0n) is 32.8. The monoisotopic (exact) mass is 854 g/mol. The Kier molecular flexibility index (Phi) is 22.6. The summed E-state index contributed by atoms with van der Waals surface area (Å²) in [6.07, 6.45) is -1.41. The number of hydrogen-bond acceptors (Lipinski definition) is 11. The molecule has 6 amide bonds. The summed E-state index contributed by atoms with van der Waals surface area (Å²) in [5, 5.41) is 61.0. The lowest BCUT2D eigenvalue weighted by Gasteiger charge is -2.28. The highest BCUT2D eigenvalue weighted by molar-refractivity contribution is 7.81. The molecule has 0 aliphatic heterocycles. The van der Waals surface area contributed by atoms with Crippen molar-refractivity contribution in [2.24, 2.45) is 11.8 Å². The standard InChI is InChI=1S/C37H54N6O15S/c1-37(2,59)31(34(55)56)43-32(52)24(19-30(50)51)17-26(44)23(18-29(48)49)12-15-38-27(45)16-21-8-10-22(11-9-21)20-41-35(57)39-13-4-3-6-25(33(53)54)42-36(58)40-14-5-7-28(46)47/h8-11,23-25,31,59H,3-7,12-20H2,1-2H3,(H,38,45)(H,43,52)(H,46,47)(H,48,49)(H,50,51)(H,53,54)(H,55,56)(H2,39,41,57)(H2,40,42,58)/t23-,24-,25-,31+/m0/s1. The Morgan fingerprint density at radius 2 is 1.19 bits per heavy atom. The van der Waals surface area contributed by atoms with Gasteiger partial charge in [0.1, 0.15) is 17.9 Å². The third-order valence-electron chi connectivity index (χ3n) is 8.67. The SMILES string of the molecule is CC(C)(S)[C@H](NC(=O)[C@H](CC(=O)O)CC(=O)[C@@H](CCNC(=O)Cc1ccc(CNC(=O)NCCCC[C@H](NC(=O)NCCCC(=O)O)C(=O)O)cc1)CC(=O)O)C(=O)O. The van der Waals surface area contributed by atoms with Crippen LogP contribution >= 0.6 is 12.6 Å². The maximum atomic E-state index is 13.1. The van der Waals surface area contributed by atoms with Gasteiger partial charge in [-0.05, 0) is 57.1 Å². The molecule has 0 unspecified atom stereocenters. The van der Waals surface area contributed by atoms with Crippen molar-refractivity contribution in [3.05, 3.63) is 35.4 Å². The molecule has 0 radical (unpaired) electrons. The first kappa shape index (κ1) is 51.1. The Labute approximate surface area is 345 Å². The van der Waals surface area contributed by atoms with Crippen LogP contribution in [0.2, 0.25) is 0 Å². The van der Waals surface area contributed by atoms with Gasteiger partial charge in [0.25, 0.3) is 0 Å². The Bertz CT molecular complexity index is 1650. The second kappa shape index (κ2) is 26.1. The number of carbonyl (C=O) groups excluding carboxylic acids is 5. The van der Waals surface area contributed by atoms with E-state index in [9.17, 15) is 68.4 Å². The lowest BCUT2D eigenvalue weighted by molar-refractivity contribution is -0.146. The number of carboxylic acid groups (broad SMARTS) is 5. The number of unbranched alkanes of at least 4 members (excludes halogenated alkanes) is 1. The van der Waals surface area contributed by atoms with Crippen LogP contribution < -0.4 is 31.9 Å². The smallest absolute Gasteiger partial charge is 0.327 e. The Hall–Kier alpha value is -5.93. The summed E-state index contributed by atoms with van der Waals surface area (Å²) in [4.78, 5) is 119. The van der Waals surface area contributed by atoms with Gasteiger partial charge in [-0.15, -0.1) is 0 Å². The van der Waals surface area contributed by atoms with Crippen molar-refractivity contribution in [2.75, 3.05) is 19.6 Å².